The number of thiophene rings is 1. The second kappa shape index (κ2) is 11.0. The number of para-hydroxylation sites is 1. The first-order valence-corrected chi connectivity index (χ1v) is 12.0. The quantitative estimate of drug-likeness (QED) is 0.220. The van der Waals surface area contributed by atoms with E-state index in [1.807, 2.05) is 41.8 Å². The fourth-order valence-electron chi connectivity index (χ4n) is 5.02. The predicted octanol–water partition coefficient (Wildman–Crippen LogP) is 1.14. The molecule has 2 bridgehead atoms. The third-order valence-corrected chi connectivity index (χ3v) is 7.82. The number of nitrogens with zero attached hydrogens (tertiary/aromatic N) is 1. The van der Waals surface area contributed by atoms with Crippen molar-refractivity contribution >= 4 is 17.3 Å². The Morgan fingerprint density at radius 2 is 1.97 bits per heavy atom. The lowest BCUT2D eigenvalue weighted by atomic mass is 9.83. The minimum absolute atomic E-state index is 0. The van der Waals surface area contributed by atoms with E-state index in [0.717, 1.165) is 55.7 Å². The van der Waals surface area contributed by atoms with Crippen LogP contribution >= 0.6 is 11.3 Å². The summed E-state index contributed by atoms with van der Waals surface area (Å²) in [7, 11) is 0. The number of esters is 1. The Balaban J connectivity index is 0.00000289. The summed E-state index contributed by atoms with van der Waals surface area (Å²) in [6.07, 6.45) is 4.70. The number of benzene rings is 1. The summed E-state index contributed by atoms with van der Waals surface area (Å²) >= 11 is 1.37. The maximum Gasteiger partial charge on any atom is 0.344 e. The van der Waals surface area contributed by atoms with Gasteiger partial charge in [0.05, 0.1) is 26.2 Å². The van der Waals surface area contributed by atoms with E-state index >= 15 is 0 Å². The van der Waals surface area contributed by atoms with Crippen LogP contribution in [0.3, 0.4) is 0 Å². The third kappa shape index (κ3) is 5.45. The normalized spacial score (nSPS) is 25.9. The van der Waals surface area contributed by atoms with Crippen molar-refractivity contribution < 1.29 is 40.8 Å². The molecular formula is C25H32BrNO4S. The minimum atomic E-state index is -1.64. The highest BCUT2D eigenvalue weighted by atomic mass is 79.9. The van der Waals surface area contributed by atoms with E-state index in [0.29, 0.717) is 17.4 Å². The molecule has 7 heteroatoms. The standard InChI is InChI=1S/C25H32NO4S.BrH/c1-2-13-25(28,23-10-6-18-31-23)24(27)30-22-19-26(15-11-20(22)12-16-26)14-7-17-29-21-8-4-3-5-9-21;/h2-6,8-10,18,20,22,28H,1,7,11-17,19H2;1H/q+1;/p-1/t20?,22-,25?,26?;/m0./s1. The van der Waals surface area contributed by atoms with E-state index in [9.17, 15) is 9.90 Å². The predicted molar refractivity (Wildman–Crippen MR) is 122 cm³/mol. The number of rotatable bonds is 10. The fourth-order valence-corrected chi connectivity index (χ4v) is 5.84. The Morgan fingerprint density at radius 3 is 2.62 bits per heavy atom. The molecule has 0 aliphatic carbocycles. The van der Waals surface area contributed by atoms with Crippen LogP contribution in [0.2, 0.25) is 0 Å². The van der Waals surface area contributed by atoms with Gasteiger partial charge in [0.15, 0.2) is 11.7 Å². The lowest BCUT2D eigenvalue weighted by Crippen LogP contribution is -3.00. The number of halogens is 1. The van der Waals surface area contributed by atoms with Crippen LogP contribution in [0.4, 0.5) is 0 Å². The molecule has 1 aromatic carbocycles. The zero-order chi connectivity index (χ0) is 21.7. The van der Waals surface area contributed by atoms with Crippen LogP contribution in [0.5, 0.6) is 5.75 Å². The molecule has 5 nitrogen and oxygen atoms in total. The van der Waals surface area contributed by atoms with Crippen molar-refractivity contribution in [2.24, 2.45) is 5.92 Å². The molecule has 32 heavy (non-hydrogen) atoms. The van der Waals surface area contributed by atoms with Crippen molar-refractivity contribution in [2.45, 2.75) is 37.4 Å². The Bertz CT molecular complexity index is 867. The topological polar surface area (TPSA) is 55.8 Å². The van der Waals surface area contributed by atoms with Gasteiger partial charge in [-0.25, -0.2) is 4.79 Å². The van der Waals surface area contributed by atoms with Crippen LogP contribution in [-0.4, -0.2) is 54.4 Å². The molecular weight excluding hydrogens is 490 g/mol. The van der Waals surface area contributed by atoms with Gasteiger partial charge in [-0.1, -0.05) is 30.3 Å². The Morgan fingerprint density at radius 1 is 1.22 bits per heavy atom. The van der Waals surface area contributed by atoms with Crippen LogP contribution in [0.1, 0.15) is 30.6 Å². The molecule has 5 rings (SSSR count). The molecule has 1 aromatic heterocycles. The molecule has 174 valence electrons. The summed E-state index contributed by atoms with van der Waals surface area (Å²) in [5.41, 5.74) is -1.64. The number of hydrogen-bond acceptors (Lipinski definition) is 5. The van der Waals surface area contributed by atoms with Gasteiger partial charge in [0.25, 0.3) is 0 Å². The summed E-state index contributed by atoms with van der Waals surface area (Å²) in [5.74, 6) is 0.752. The van der Waals surface area contributed by atoms with E-state index in [2.05, 4.69) is 6.58 Å². The number of hydrogen-bond donors (Lipinski definition) is 1. The van der Waals surface area contributed by atoms with Gasteiger partial charge >= 0.3 is 5.97 Å². The van der Waals surface area contributed by atoms with Gasteiger partial charge in [0, 0.05) is 36.5 Å². The van der Waals surface area contributed by atoms with Crippen molar-refractivity contribution in [2.75, 3.05) is 32.8 Å². The van der Waals surface area contributed by atoms with Crippen molar-refractivity contribution in [3.8, 4) is 5.75 Å². The maximum absolute atomic E-state index is 13.1. The molecule has 4 heterocycles. The van der Waals surface area contributed by atoms with Gasteiger partial charge in [-0.15, -0.1) is 17.9 Å². The lowest BCUT2D eigenvalue weighted by molar-refractivity contribution is -0.946. The van der Waals surface area contributed by atoms with Gasteiger partial charge in [0.2, 0.25) is 0 Å². The van der Waals surface area contributed by atoms with Crippen molar-refractivity contribution in [1.29, 1.82) is 0 Å². The minimum Gasteiger partial charge on any atom is -1.00 e. The van der Waals surface area contributed by atoms with E-state index in [1.165, 1.54) is 11.3 Å². The van der Waals surface area contributed by atoms with Crippen molar-refractivity contribution in [1.82, 2.24) is 0 Å². The molecule has 2 aromatic rings. The number of aliphatic hydroxyl groups is 1. The fraction of sp³-hybridized carbons (Fsp3) is 0.480. The molecule has 1 unspecified atom stereocenters. The number of quaternary nitrogens is 1. The third-order valence-electron chi connectivity index (χ3n) is 6.79. The molecule has 3 saturated heterocycles. The molecule has 3 fully saturated rings. The summed E-state index contributed by atoms with van der Waals surface area (Å²) in [4.78, 5) is 13.7. The summed E-state index contributed by atoms with van der Waals surface area (Å²) < 4.78 is 12.8. The molecule has 2 atom stereocenters. The van der Waals surface area contributed by atoms with Gasteiger partial charge in [-0.05, 0) is 23.6 Å². The Kier molecular flexibility index (Phi) is 8.55. The molecule has 0 saturated carbocycles. The number of carbonyl (C=O) groups is 1. The second-order valence-corrected chi connectivity index (χ2v) is 9.77. The zero-order valence-electron chi connectivity index (χ0n) is 18.3. The summed E-state index contributed by atoms with van der Waals surface area (Å²) in [6.45, 7) is 8.52. The SMILES string of the molecule is C=CCC(O)(C(=O)O[C@H]1C[N+]2(CCCOc3ccccc3)CCC1CC2)c1cccs1.[Br-]. The van der Waals surface area contributed by atoms with Gasteiger partial charge in [-0.2, -0.15) is 0 Å². The summed E-state index contributed by atoms with van der Waals surface area (Å²) in [6, 6.07) is 13.5. The number of piperidine rings is 3. The van der Waals surface area contributed by atoms with Crippen LogP contribution in [0, 0.1) is 5.92 Å². The van der Waals surface area contributed by atoms with Crippen molar-refractivity contribution in [3.63, 3.8) is 0 Å². The first-order chi connectivity index (χ1) is 15.0. The monoisotopic (exact) mass is 521 g/mol. The van der Waals surface area contributed by atoms with Crippen LogP contribution in [-0.2, 0) is 15.1 Å². The highest BCUT2D eigenvalue weighted by molar-refractivity contribution is 7.10. The number of fused-ring (bicyclic) bond motifs is 3. The zero-order valence-corrected chi connectivity index (χ0v) is 20.7. The molecule has 0 radical (unpaired) electrons. The van der Waals surface area contributed by atoms with E-state index < -0.39 is 11.6 Å². The highest BCUT2D eigenvalue weighted by Crippen LogP contribution is 2.38. The molecule has 1 N–H and O–H groups in total. The van der Waals surface area contributed by atoms with E-state index in [-0.39, 0.29) is 29.5 Å². The first kappa shape index (κ1) is 25.0. The van der Waals surface area contributed by atoms with E-state index in [4.69, 9.17) is 9.47 Å². The van der Waals surface area contributed by atoms with Crippen molar-refractivity contribution in [3.05, 3.63) is 65.4 Å². The largest absolute Gasteiger partial charge is 1.00 e. The second-order valence-electron chi connectivity index (χ2n) is 8.82. The number of ether oxygens (including phenoxy) is 2. The molecule has 0 amide bonds. The van der Waals surface area contributed by atoms with Gasteiger partial charge in [-0.3, -0.25) is 0 Å². The lowest BCUT2D eigenvalue weighted by Gasteiger charge is -2.52. The number of carbonyl (C=O) groups excluding carboxylic acids is 1. The van der Waals surface area contributed by atoms with E-state index in [1.54, 1.807) is 12.1 Å². The first-order valence-electron chi connectivity index (χ1n) is 11.2. The average Bonchev–Trinajstić information content (AvgIpc) is 3.34. The Labute approximate surface area is 205 Å². The molecule has 0 spiro atoms. The maximum atomic E-state index is 13.1. The van der Waals surface area contributed by atoms with Crippen LogP contribution in [0.15, 0.2) is 60.5 Å². The smallest absolute Gasteiger partial charge is 0.344 e. The van der Waals surface area contributed by atoms with Crippen LogP contribution < -0.4 is 21.7 Å². The Hall–Kier alpha value is -1.67. The average molecular weight is 523 g/mol. The van der Waals surface area contributed by atoms with Gasteiger partial charge in [0.1, 0.15) is 12.3 Å². The molecule has 3 aliphatic rings. The summed E-state index contributed by atoms with van der Waals surface area (Å²) in [5, 5.41) is 13.0. The highest BCUT2D eigenvalue weighted by Gasteiger charge is 2.49. The van der Waals surface area contributed by atoms with Crippen LogP contribution in [0.25, 0.3) is 0 Å². The van der Waals surface area contributed by atoms with Gasteiger partial charge < -0.3 is 36.0 Å². The molecule has 3 aliphatic heterocycles.